The van der Waals surface area contributed by atoms with E-state index in [1.807, 2.05) is 0 Å². The second-order valence-electron chi connectivity index (χ2n) is 3.45. The molecule has 16 heavy (non-hydrogen) atoms. The van der Waals surface area contributed by atoms with E-state index in [4.69, 9.17) is 17.3 Å². The van der Waals surface area contributed by atoms with Crippen LogP contribution in [0.2, 0.25) is 5.02 Å². The maximum absolute atomic E-state index is 12.5. The third-order valence-electron chi connectivity index (χ3n) is 2.36. The molecule has 0 aliphatic rings. The normalized spacial score (nSPS) is 14.3. The number of alkyl halides is 3. The third kappa shape index (κ3) is 1.88. The quantitative estimate of drug-likeness (QED) is 0.798. The van der Waals surface area contributed by atoms with Crippen LogP contribution < -0.4 is 5.73 Å². The van der Waals surface area contributed by atoms with Crippen LogP contribution in [-0.4, -0.2) is 11.2 Å². The molecule has 0 amide bonds. The van der Waals surface area contributed by atoms with Gasteiger partial charge < -0.3 is 10.7 Å². The Bertz CT molecular complexity index is 518. The van der Waals surface area contributed by atoms with Gasteiger partial charge in [0.25, 0.3) is 0 Å². The lowest BCUT2D eigenvalue weighted by Crippen LogP contribution is -2.28. The van der Waals surface area contributed by atoms with Gasteiger partial charge in [-0.3, -0.25) is 0 Å². The highest BCUT2D eigenvalue weighted by molar-refractivity contribution is 6.31. The molecule has 2 aromatic rings. The SMILES string of the molecule is N[C@@H](c1c[nH]c2ccc(Cl)cc12)C(F)(F)F. The summed E-state index contributed by atoms with van der Waals surface area (Å²) in [4.78, 5) is 2.73. The Morgan fingerprint density at radius 1 is 1.31 bits per heavy atom. The fourth-order valence-corrected chi connectivity index (χ4v) is 1.72. The average Bonchev–Trinajstić information content (AvgIpc) is 2.57. The van der Waals surface area contributed by atoms with E-state index >= 15 is 0 Å². The lowest BCUT2D eigenvalue weighted by atomic mass is 10.1. The van der Waals surface area contributed by atoms with E-state index in [1.165, 1.54) is 12.3 Å². The first-order chi connectivity index (χ1) is 7.39. The first-order valence-corrected chi connectivity index (χ1v) is 4.86. The van der Waals surface area contributed by atoms with Crippen LogP contribution in [0.15, 0.2) is 24.4 Å². The largest absolute Gasteiger partial charge is 0.407 e. The average molecular weight is 249 g/mol. The number of H-pyrrole nitrogens is 1. The summed E-state index contributed by atoms with van der Waals surface area (Å²) < 4.78 is 37.4. The Hall–Kier alpha value is -1.20. The van der Waals surface area contributed by atoms with Gasteiger partial charge in [-0.15, -0.1) is 0 Å². The standard InChI is InChI=1S/C10H8ClF3N2/c11-5-1-2-8-6(3-5)7(4-16-8)9(15)10(12,13)14/h1-4,9,16H,15H2/t9-/m0/s1. The van der Waals surface area contributed by atoms with E-state index in [-0.39, 0.29) is 5.56 Å². The van der Waals surface area contributed by atoms with Gasteiger partial charge in [-0.2, -0.15) is 13.2 Å². The van der Waals surface area contributed by atoms with Gasteiger partial charge in [0.05, 0.1) is 0 Å². The van der Waals surface area contributed by atoms with E-state index < -0.39 is 12.2 Å². The summed E-state index contributed by atoms with van der Waals surface area (Å²) >= 11 is 5.73. The molecule has 1 aromatic heterocycles. The van der Waals surface area contributed by atoms with Crippen molar-refractivity contribution < 1.29 is 13.2 Å². The number of halogens is 4. The van der Waals surface area contributed by atoms with Gasteiger partial charge in [0.2, 0.25) is 0 Å². The molecule has 0 aliphatic carbocycles. The number of fused-ring (bicyclic) bond motifs is 1. The molecule has 0 spiro atoms. The number of aromatic amines is 1. The number of hydrogen-bond acceptors (Lipinski definition) is 1. The van der Waals surface area contributed by atoms with Crippen molar-refractivity contribution in [3.05, 3.63) is 35.0 Å². The highest BCUT2D eigenvalue weighted by atomic mass is 35.5. The van der Waals surface area contributed by atoms with Gasteiger partial charge in [0.1, 0.15) is 6.04 Å². The summed E-state index contributed by atoms with van der Waals surface area (Å²) in [5, 5.41) is 0.778. The molecule has 0 fully saturated rings. The van der Waals surface area contributed by atoms with Gasteiger partial charge in [0.15, 0.2) is 0 Å². The topological polar surface area (TPSA) is 41.8 Å². The van der Waals surface area contributed by atoms with E-state index in [1.54, 1.807) is 12.1 Å². The van der Waals surface area contributed by atoms with Gasteiger partial charge in [-0.05, 0) is 18.2 Å². The molecule has 1 atom stereocenters. The number of aromatic nitrogens is 1. The van der Waals surface area contributed by atoms with Gasteiger partial charge in [-0.25, -0.2) is 0 Å². The molecule has 2 nitrogen and oxygen atoms in total. The highest BCUT2D eigenvalue weighted by Gasteiger charge is 2.39. The molecular weight excluding hydrogens is 241 g/mol. The van der Waals surface area contributed by atoms with Crippen LogP contribution in [0.1, 0.15) is 11.6 Å². The van der Waals surface area contributed by atoms with Gasteiger partial charge >= 0.3 is 6.18 Å². The maximum Gasteiger partial charge on any atom is 0.407 e. The molecule has 0 bridgehead atoms. The molecule has 86 valence electrons. The van der Waals surface area contributed by atoms with Crippen LogP contribution >= 0.6 is 11.6 Å². The second kappa shape index (κ2) is 3.68. The Kier molecular flexibility index (Phi) is 2.59. The number of rotatable bonds is 1. The molecule has 2 rings (SSSR count). The summed E-state index contributed by atoms with van der Waals surface area (Å²) in [5.74, 6) is 0. The zero-order valence-electron chi connectivity index (χ0n) is 7.98. The smallest absolute Gasteiger partial charge is 0.361 e. The van der Waals surface area contributed by atoms with Gasteiger partial charge in [0, 0.05) is 27.7 Å². The van der Waals surface area contributed by atoms with Crippen LogP contribution in [0, 0.1) is 0 Å². The summed E-state index contributed by atoms with van der Waals surface area (Å²) in [6.07, 6.45) is -3.20. The minimum absolute atomic E-state index is 0.00463. The fourth-order valence-electron chi connectivity index (χ4n) is 1.55. The number of hydrogen-bond donors (Lipinski definition) is 2. The maximum atomic E-state index is 12.5. The van der Waals surface area contributed by atoms with Crippen molar-refractivity contribution >= 4 is 22.5 Å². The van der Waals surface area contributed by atoms with Gasteiger partial charge in [-0.1, -0.05) is 11.6 Å². The minimum atomic E-state index is -4.46. The Balaban J connectivity index is 2.57. The van der Waals surface area contributed by atoms with Crippen molar-refractivity contribution in [3.8, 4) is 0 Å². The number of benzene rings is 1. The van der Waals surface area contributed by atoms with Crippen molar-refractivity contribution in [3.63, 3.8) is 0 Å². The van der Waals surface area contributed by atoms with Crippen LogP contribution in [0.3, 0.4) is 0 Å². The van der Waals surface area contributed by atoms with Crippen molar-refractivity contribution in [2.45, 2.75) is 12.2 Å². The Morgan fingerprint density at radius 2 is 2.00 bits per heavy atom. The van der Waals surface area contributed by atoms with Crippen LogP contribution in [0.5, 0.6) is 0 Å². The Morgan fingerprint density at radius 3 is 2.62 bits per heavy atom. The predicted molar refractivity (Wildman–Crippen MR) is 56.3 cm³/mol. The predicted octanol–water partition coefficient (Wildman–Crippen LogP) is 3.38. The monoisotopic (exact) mass is 248 g/mol. The van der Waals surface area contributed by atoms with E-state index in [0.29, 0.717) is 15.9 Å². The van der Waals surface area contributed by atoms with E-state index in [2.05, 4.69) is 4.98 Å². The van der Waals surface area contributed by atoms with E-state index in [9.17, 15) is 13.2 Å². The lowest BCUT2D eigenvalue weighted by molar-refractivity contribution is -0.148. The summed E-state index contributed by atoms with van der Waals surface area (Å²) in [5.41, 5.74) is 5.73. The molecule has 0 unspecified atom stereocenters. The molecule has 6 heteroatoms. The molecule has 0 saturated heterocycles. The summed E-state index contributed by atoms with van der Waals surface area (Å²) in [6, 6.07) is 2.68. The first-order valence-electron chi connectivity index (χ1n) is 4.48. The number of nitrogens with two attached hydrogens (primary N) is 1. The highest BCUT2D eigenvalue weighted by Crippen LogP contribution is 2.35. The lowest BCUT2D eigenvalue weighted by Gasteiger charge is -2.14. The van der Waals surface area contributed by atoms with Crippen LogP contribution in [0.25, 0.3) is 10.9 Å². The zero-order valence-corrected chi connectivity index (χ0v) is 8.73. The molecule has 0 radical (unpaired) electrons. The second-order valence-corrected chi connectivity index (χ2v) is 3.89. The van der Waals surface area contributed by atoms with Crippen LogP contribution in [0.4, 0.5) is 13.2 Å². The third-order valence-corrected chi connectivity index (χ3v) is 2.60. The number of nitrogens with one attached hydrogen (secondary N) is 1. The van der Waals surface area contributed by atoms with Crippen molar-refractivity contribution in [2.75, 3.05) is 0 Å². The summed E-state index contributed by atoms with van der Waals surface area (Å²) in [6.45, 7) is 0. The van der Waals surface area contributed by atoms with Crippen molar-refractivity contribution in [1.82, 2.24) is 4.98 Å². The van der Waals surface area contributed by atoms with Crippen molar-refractivity contribution in [1.29, 1.82) is 0 Å². The fraction of sp³-hybridized carbons (Fsp3) is 0.200. The summed E-state index contributed by atoms with van der Waals surface area (Å²) in [7, 11) is 0. The molecule has 1 heterocycles. The minimum Gasteiger partial charge on any atom is -0.361 e. The molecule has 0 saturated carbocycles. The Labute approximate surface area is 94.2 Å². The van der Waals surface area contributed by atoms with Crippen molar-refractivity contribution in [2.24, 2.45) is 5.73 Å². The van der Waals surface area contributed by atoms with Crippen LogP contribution in [-0.2, 0) is 0 Å². The zero-order chi connectivity index (χ0) is 11.9. The molecule has 1 aromatic carbocycles. The molecule has 0 aliphatic heterocycles. The molecular formula is C10H8ClF3N2. The first kappa shape index (κ1) is 11.3. The molecule has 3 N–H and O–H groups in total. The van der Waals surface area contributed by atoms with E-state index in [0.717, 1.165) is 0 Å².